The number of nitrogens with zero attached hydrogens (tertiary/aromatic N) is 1. The van der Waals surface area contributed by atoms with Crippen LogP contribution in [-0.2, 0) is 6.42 Å². The number of fused-ring (bicyclic) bond motifs is 1. The first kappa shape index (κ1) is 11.8. The Labute approximate surface area is 101 Å². The summed E-state index contributed by atoms with van der Waals surface area (Å²) in [6, 6.07) is 4.96. The molecule has 3 heteroatoms. The van der Waals surface area contributed by atoms with Crippen molar-refractivity contribution in [1.82, 2.24) is 4.98 Å². The molecule has 0 radical (unpaired) electrons. The molecule has 0 saturated heterocycles. The number of hydrogen-bond acceptors (Lipinski definition) is 2. The van der Waals surface area contributed by atoms with E-state index in [4.69, 9.17) is 5.73 Å². The van der Waals surface area contributed by atoms with Crippen molar-refractivity contribution in [3.8, 4) is 0 Å². The normalized spacial score (nSPS) is 11.4. The van der Waals surface area contributed by atoms with E-state index in [-0.39, 0.29) is 5.82 Å². The lowest BCUT2D eigenvalue weighted by Gasteiger charge is -2.10. The molecular weight excluding hydrogens is 215 g/mol. The van der Waals surface area contributed by atoms with E-state index in [1.165, 1.54) is 6.07 Å². The Morgan fingerprint density at radius 3 is 2.71 bits per heavy atom. The Balaban J connectivity index is 2.68. The summed E-state index contributed by atoms with van der Waals surface area (Å²) in [5.74, 6) is 0.208. The number of pyridine rings is 1. The third kappa shape index (κ3) is 2.23. The van der Waals surface area contributed by atoms with Crippen molar-refractivity contribution < 1.29 is 4.39 Å². The number of halogens is 1. The molecule has 1 heterocycles. The fraction of sp³-hybridized carbons (Fsp3) is 0.357. The maximum Gasteiger partial charge on any atom is 0.134 e. The first-order valence-electron chi connectivity index (χ1n) is 5.83. The molecule has 0 spiro atoms. The fourth-order valence-electron chi connectivity index (χ4n) is 2.04. The average Bonchev–Trinajstić information content (AvgIpc) is 2.22. The summed E-state index contributed by atoms with van der Waals surface area (Å²) in [4.78, 5) is 4.52. The van der Waals surface area contributed by atoms with Crippen molar-refractivity contribution in [2.24, 2.45) is 5.92 Å². The third-order valence-electron chi connectivity index (χ3n) is 2.81. The number of rotatable bonds is 2. The highest BCUT2D eigenvalue weighted by Crippen LogP contribution is 2.26. The van der Waals surface area contributed by atoms with Crippen LogP contribution in [0, 0.1) is 18.7 Å². The van der Waals surface area contributed by atoms with Crippen LogP contribution in [0.25, 0.3) is 10.9 Å². The lowest BCUT2D eigenvalue weighted by molar-refractivity contribution is 0.633. The summed E-state index contributed by atoms with van der Waals surface area (Å²) < 4.78 is 13.7. The van der Waals surface area contributed by atoms with Crippen molar-refractivity contribution in [3.05, 3.63) is 35.3 Å². The van der Waals surface area contributed by atoms with E-state index in [0.29, 0.717) is 22.5 Å². The smallest absolute Gasteiger partial charge is 0.134 e. The van der Waals surface area contributed by atoms with Crippen LogP contribution in [-0.4, -0.2) is 4.98 Å². The highest BCUT2D eigenvalue weighted by molar-refractivity contribution is 5.92. The topological polar surface area (TPSA) is 38.9 Å². The van der Waals surface area contributed by atoms with Crippen LogP contribution in [0.4, 0.5) is 10.1 Å². The second-order valence-corrected chi connectivity index (χ2v) is 4.89. The molecule has 2 nitrogen and oxygen atoms in total. The van der Waals surface area contributed by atoms with E-state index in [0.717, 1.165) is 17.7 Å². The predicted molar refractivity (Wildman–Crippen MR) is 69.4 cm³/mol. The molecule has 2 N–H and O–H groups in total. The van der Waals surface area contributed by atoms with Crippen molar-refractivity contribution in [2.45, 2.75) is 27.2 Å². The number of benzene rings is 1. The van der Waals surface area contributed by atoms with Gasteiger partial charge >= 0.3 is 0 Å². The molecule has 0 atom stereocenters. The van der Waals surface area contributed by atoms with E-state index < -0.39 is 0 Å². The molecule has 0 aliphatic carbocycles. The summed E-state index contributed by atoms with van der Waals surface area (Å²) in [7, 11) is 0. The minimum atomic E-state index is -0.299. The minimum absolute atomic E-state index is 0.299. The largest absolute Gasteiger partial charge is 0.398 e. The fourth-order valence-corrected chi connectivity index (χ4v) is 2.04. The van der Waals surface area contributed by atoms with Gasteiger partial charge in [0.1, 0.15) is 5.82 Å². The minimum Gasteiger partial charge on any atom is -0.398 e. The average molecular weight is 232 g/mol. The molecule has 2 rings (SSSR count). The van der Waals surface area contributed by atoms with E-state index >= 15 is 0 Å². The standard InChI is InChI=1S/C14H17FN2/c1-8(2)6-10-7-12(16)13-11(15)5-4-9(3)14(13)17-10/h4-5,7-8H,6H2,1-3H3,(H2,16,17). The molecule has 17 heavy (non-hydrogen) atoms. The van der Waals surface area contributed by atoms with Crippen molar-refractivity contribution in [1.29, 1.82) is 0 Å². The molecule has 0 aliphatic heterocycles. The van der Waals surface area contributed by atoms with Gasteiger partial charge in [0.05, 0.1) is 10.9 Å². The number of anilines is 1. The first-order valence-corrected chi connectivity index (χ1v) is 5.83. The summed E-state index contributed by atoms with van der Waals surface area (Å²) in [6.07, 6.45) is 0.857. The maximum atomic E-state index is 13.7. The predicted octanol–water partition coefficient (Wildman–Crippen LogP) is 3.46. The van der Waals surface area contributed by atoms with Gasteiger partial charge < -0.3 is 5.73 Å². The SMILES string of the molecule is Cc1ccc(F)c2c(N)cc(CC(C)C)nc12. The molecule has 0 bridgehead atoms. The van der Waals surface area contributed by atoms with E-state index in [1.54, 1.807) is 12.1 Å². The van der Waals surface area contributed by atoms with Gasteiger partial charge in [0.15, 0.2) is 0 Å². The van der Waals surface area contributed by atoms with Crippen LogP contribution in [0.1, 0.15) is 25.1 Å². The number of nitrogens with two attached hydrogens (primary N) is 1. The Kier molecular flexibility index (Phi) is 3.01. The number of hydrogen-bond donors (Lipinski definition) is 1. The summed E-state index contributed by atoms with van der Waals surface area (Å²) in [5.41, 5.74) is 8.97. The maximum absolute atomic E-state index is 13.7. The zero-order valence-electron chi connectivity index (χ0n) is 10.4. The van der Waals surface area contributed by atoms with Crippen molar-refractivity contribution in [2.75, 3.05) is 5.73 Å². The first-order chi connectivity index (χ1) is 7.99. The summed E-state index contributed by atoms with van der Waals surface area (Å²) in [5, 5.41) is 0.442. The van der Waals surface area contributed by atoms with E-state index in [2.05, 4.69) is 18.8 Å². The van der Waals surface area contributed by atoms with Gasteiger partial charge in [-0.05, 0) is 37.0 Å². The summed E-state index contributed by atoms with van der Waals surface area (Å²) >= 11 is 0. The number of aryl methyl sites for hydroxylation is 1. The van der Waals surface area contributed by atoms with Crippen LogP contribution in [0.3, 0.4) is 0 Å². The van der Waals surface area contributed by atoms with Crippen LogP contribution < -0.4 is 5.73 Å². The van der Waals surface area contributed by atoms with Gasteiger partial charge in [0.2, 0.25) is 0 Å². The second-order valence-electron chi connectivity index (χ2n) is 4.89. The molecule has 2 aromatic rings. The van der Waals surface area contributed by atoms with Gasteiger partial charge in [-0.3, -0.25) is 4.98 Å². The monoisotopic (exact) mass is 232 g/mol. The molecule has 90 valence electrons. The van der Waals surface area contributed by atoms with Crippen LogP contribution in [0.5, 0.6) is 0 Å². The van der Waals surface area contributed by atoms with Crippen molar-refractivity contribution >= 4 is 16.6 Å². The second kappa shape index (κ2) is 4.32. The van der Waals surface area contributed by atoms with Crippen LogP contribution >= 0.6 is 0 Å². The third-order valence-corrected chi connectivity index (χ3v) is 2.81. The lowest BCUT2D eigenvalue weighted by Crippen LogP contribution is -2.02. The molecule has 1 aromatic carbocycles. The Morgan fingerprint density at radius 2 is 2.06 bits per heavy atom. The van der Waals surface area contributed by atoms with Gasteiger partial charge in [-0.25, -0.2) is 4.39 Å². The summed E-state index contributed by atoms with van der Waals surface area (Å²) in [6.45, 7) is 6.17. The van der Waals surface area contributed by atoms with Gasteiger partial charge in [-0.1, -0.05) is 19.9 Å². The molecule has 0 saturated carbocycles. The molecule has 0 fully saturated rings. The molecule has 1 aromatic heterocycles. The number of aromatic nitrogens is 1. The Morgan fingerprint density at radius 1 is 1.35 bits per heavy atom. The van der Waals surface area contributed by atoms with E-state index in [1.807, 2.05) is 6.92 Å². The van der Waals surface area contributed by atoms with Gasteiger partial charge in [0, 0.05) is 11.4 Å². The molecule has 0 unspecified atom stereocenters. The van der Waals surface area contributed by atoms with Crippen LogP contribution in [0.15, 0.2) is 18.2 Å². The van der Waals surface area contributed by atoms with Crippen molar-refractivity contribution in [3.63, 3.8) is 0 Å². The van der Waals surface area contributed by atoms with Gasteiger partial charge in [-0.15, -0.1) is 0 Å². The number of nitrogen functional groups attached to an aromatic ring is 1. The zero-order valence-corrected chi connectivity index (χ0v) is 10.4. The molecule has 0 amide bonds. The lowest BCUT2D eigenvalue weighted by atomic mass is 10.0. The highest BCUT2D eigenvalue weighted by Gasteiger charge is 2.11. The van der Waals surface area contributed by atoms with Gasteiger partial charge in [-0.2, -0.15) is 0 Å². The molecule has 0 aliphatic rings. The Hall–Kier alpha value is -1.64. The van der Waals surface area contributed by atoms with E-state index in [9.17, 15) is 4.39 Å². The molecular formula is C14H17FN2. The van der Waals surface area contributed by atoms with Gasteiger partial charge in [0.25, 0.3) is 0 Å². The van der Waals surface area contributed by atoms with Crippen LogP contribution in [0.2, 0.25) is 0 Å². The Bertz CT molecular complexity index is 562. The zero-order chi connectivity index (χ0) is 12.6. The highest BCUT2D eigenvalue weighted by atomic mass is 19.1. The quantitative estimate of drug-likeness (QED) is 0.861.